The maximum atomic E-state index is 11.6. The Kier molecular flexibility index (Phi) is 2.69. The third-order valence-electron chi connectivity index (χ3n) is 1.87. The van der Waals surface area contributed by atoms with Crippen molar-refractivity contribution in [3.8, 4) is 0 Å². The molecule has 2 aromatic rings. The van der Waals surface area contributed by atoms with Crippen LogP contribution in [-0.2, 0) is 0 Å². The Morgan fingerprint density at radius 2 is 2.07 bits per heavy atom. The SMILES string of the molecule is O=C(Nc1ccccc1)c1cn[nH]c1Cl. The Hall–Kier alpha value is -1.81. The number of hydrogen-bond acceptors (Lipinski definition) is 2. The number of aromatic amines is 1. The number of carbonyl (C=O) groups excluding carboxylic acids is 1. The lowest BCUT2D eigenvalue weighted by atomic mass is 10.3. The second-order valence-corrected chi connectivity index (χ2v) is 3.30. The molecule has 0 spiro atoms. The third-order valence-corrected chi connectivity index (χ3v) is 2.16. The maximum absolute atomic E-state index is 11.6. The van der Waals surface area contributed by atoms with E-state index in [2.05, 4.69) is 15.5 Å². The molecule has 0 aliphatic rings. The van der Waals surface area contributed by atoms with E-state index in [9.17, 15) is 4.79 Å². The fourth-order valence-corrected chi connectivity index (χ4v) is 1.33. The van der Waals surface area contributed by atoms with Crippen LogP contribution in [-0.4, -0.2) is 16.1 Å². The number of carbonyl (C=O) groups is 1. The molecule has 0 radical (unpaired) electrons. The number of amides is 1. The van der Waals surface area contributed by atoms with Crippen LogP contribution >= 0.6 is 11.6 Å². The molecular weight excluding hydrogens is 214 g/mol. The zero-order valence-corrected chi connectivity index (χ0v) is 8.45. The highest BCUT2D eigenvalue weighted by Gasteiger charge is 2.11. The predicted molar refractivity (Wildman–Crippen MR) is 58.0 cm³/mol. The molecule has 2 N–H and O–H groups in total. The van der Waals surface area contributed by atoms with Crippen molar-refractivity contribution < 1.29 is 4.79 Å². The topological polar surface area (TPSA) is 57.8 Å². The molecule has 0 fully saturated rings. The molecule has 2 rings (SSSR count). The summed E-state index contributed by atoms with van der Waals surface area (Å²) in [7, 11) is 0. The highest BCUT2D eigenvalue weighted by atomic mass is 35.5. The predicted octanol–water partition coefficient (Wildman–Crippen LogP) is 2.32. The molecule has 0 saturated heterocycles. The van der Waals surface area contributed by atoms with Gasteiger partial charge in [-0.1, -0.05) is 29.8 Å². The first-order valence-electron chi connectivity index (χ1n) is 4.32. The third kappa shape index (κ3) is 2.16. The molecule has 15 heavy (non-hydrogen) atoms. The Bertz CT molecular complexity index is 467. The number of para-hydroxylation sites is 1. The standard InChI is InChI=1S/C10H8ClN3O/c11-9-8(6-12-14-9)10(15)13-7-4-2-1-3-5-7/h1-6H,(H,12,14)(H,13,15). The van der Waals surface area contributed by atoms with Gasteiger partial charge in [0.1, 0.15) is 5.15 Å². The largest absolute Gasteiger partial charge is 0.322 e. The van der Waals surface area contributed by atoms with E-state index in [1.54, 1.807) is 12.1 Å². The van der Waals surface area contributed by atoms with Crippen molar-refractivity contribution in [2.45, 2.75) is 0 Å². The Morgan fingerprint density at radius 3 is 2.67 bits per heavy atom. The van der Waals surface area contributed by atoms with E-state index in [4.69, 9.17) is 11.6 Å². The van der Waals surface area contributed by atoms with Crippen LogP contribution in [0.25, 0.3) is 0 Å². The number of nitrogens with one attached hydrogen (secondary N) is 2. The lowest BCUT2D eigenvalue weighted by Gasteiger charge is -2.02. The number of hydrogen-bond donors (Lipinski definition) is 2. The summed E-state index contributed by atoms with van der Waals surface area (Å²) in [6, 6.07) is 9.15. The van der Waals surface area contributed by atoms with E-state index in [1.807, 2.05) is 18.2 Å². The van der Waals surface area contributed by atoms with Gasteiger partial charge in [0.05, 0.1) is 11.8 Å². The fraction of sp³-hybridized carbons (Fsp3) is 0. The minimum Gasteiger partial charge on any atom is -0.322 e. The van der Waals surface area contributed by atoms with Gasteiger partial charge in [-0.05, 0) is 12.1 Å². The molecule has 76 valence electrons. The van der Waals surface area contributed by atoms with E-state index >= 15 is 0 Å². The zero-order chi connectivity index (χ0) is 10.7. The van der Waals surface area contributed by atoms with E-state index in [-0.39, 0.29) is 11.1 Å². The van der Waals surface area contributed by atoms with Crippen LogP contribution in [0.15, 0.2) is 36.5 Å². The number of anilines is 1. The Balaban J connectivity index is 2.15. The molecule has 1 heterocycles. The van der Waals surface area contributed by atoms with Gasteiger partial charge in [0.25, 0.3) is 5.91 Å². The van der Waals surface area contributed by atoms with E-state index in [0.29, 0.717) is 5.56 Å². The monoisotopic (exact) mass is 221 g/mol. The lowest BCUT2D eigenvalue weighted by molar-refractivity contribution is 0.102. The normalized spacial score (nSPS) is 9.93. The molecule has 0 aliphatic carbocycles. The molecule has 1 amide bonds. The van der Waals surface area contributed by atoms with Crippen LogP contribution in [0.1, 0.15) is 10.4 Å². The van der Waals surface area contributed by atoms with Crippen molar-refractivity contribution in [2.75, 3.05) is 5.32 Å². The van der Waals surface area contributed by atoms with Crippen molar-refractivity contribution in [3.63, 3.8) is 0 Å². The second-order valence-electron chi connectivity index (χ2n) is 2.92. The summed E-state index contributed by atoms with van der Waals surface area (Å²) in [4.78, 5) is 11.6. The van der Waals surface area contributed by atoms with Crippen LogP contribution < -0.4 is 5.32 Å². The molecule has 1 aromatic carbocycles. The first kappa shape index (κ1) is 9.73. The van der Waals surface area contributed by atoms with Gasteiger partial charge in [0.2, 0.25) is 0 Å². The molecular formula is C10H8ClN3O. The maximum Gasteiger partial charge on any atom is 0.260 e. The molecule has 0 aliphatic heterocycles. The van der Waals surface area contributed by atoms with Crippen molar-refractivity contribution in [1.82, 2.24) is 10.2 Å². The molecule has 1 aromatic heterocycles. The second kappa shape index (κ2) is 4.14. The van der Waals surface area contributed by atoms with Crippen LogP contribution in [0.5, 0.6) is 0 Å². The average molecular weight is 222 g/mol. The van der Waals surface area contributed by atoms with Crippen molar-refractivity contribution in [2.24, 2.45) is 0 Å². The number of aromatic nitrogens is 2. The van der Waals surface area contributed by atoms with Crippen LogP contribution in [0.3, 0.4) is 0 Å². The molecule has 0 unspecified atom stereocenters. The van der Waals surface area contributed by atoms with Gasteiger partial charge < -0.3 is 5.32 Å². The van der Waals surface area contributed by atoms with Gasteiger partial charge in [-0.2, -0.15) is 5.10 Å². The summed E-state index contributed by atoms with van der Waals surface area (Å²) in [6.07, 6.45) is 1.39. The fourth-order valence-electron chi connectivity index (χ4n) is 1.15. The number of H-pyrrole nitrogens is 1. The summed E-state index contributed by atoms with van der Waals surface area (Å²) >= 11 is 5.72. The molecule has 4 nitrogen and oxygen atoms in total. The van der Waals surface area contributed by atoms with Gasteiger partial charge in [-0.15, -0.1) is 0 Å². The van der Waals surface area contributed by atoms with Crippen molar-refractivity contribution in [3.05, 3.63) is 47.2 Å². The first-order valence-corrected chi connectivity index (χ1v) is 4.70. The van der Waals surface area contributed by atoms with Gasteiger partial charge in [-0.25, -0.2) is 0 Å². The molecule has 0 bridgehead atoms. The van der Waals surface area contributed by atoms with Crippen molar-refractivity contribution >= 4 is 23.2 Å². The first-order chi connectivity index (χ1) is 7.27. The lowest BCUT2D eigenvalue weighted by Crippen LogP contribution is -2.11. The molecule has 0 saturated carbocycles. The minimum atomic E-state index is -0.278. The van der Waals surface area contributed by atoms with Gasteiger partial charge >= 0.3 is 0 Å². The summed E-state index contributed by atoms with van der Waals surface area (Å²) in [5.74, 6) is -0.278. The quantitative estimate of drug-likeness (QED) is 0.818. The highest BCUT2D eigenvalue weighted by molar-refractivity contribution is 6.33. The number of rotatable bonds is 2. The summed E-state index contributed by atoms with van der Waals surface area (Å²) in [5.41, 5.74) is 1.06. The smallest absolute Gasteiger partial charge is 0.260 e. The molecule has 5 heteroatoms. The van der Waals surface area contributed by atoms with Gasteiger partial charge in [0, 0.05) is 5.69 Å². The zero-order valence-electron chi connectivity index (χ0n) is 7.70. The van der Waals surface area contributed by atoms with Crippen molar-refractivity contribution in [1.29, 1.82) is 0 Å². The Labute approximate surface area is 91.3 Å². The van der Waals surface area contributed by atoms with Gasteiger partial charge in [-0.3, -0.25) is 9.89 Å². The van der Waals surface area contributed by atoms with Crippen LogP contribution in [0.4, 0.5) is 5.69 Å². The highest BCUT2D eigenvalue weighted by Crippen LogP contribution is 2.13. The van der Waals surface area contributed by atoms with Crippen LogP contribution in [0.2, 0.25) is 5.15 Å². The summed E-state index contributed by atoms with van der Waals surface area (Å²) in [6.45, 7) is 0. The van der Waals surface area contributed by atoms with Crippen LogP contribution in [0, 0.1) is 0 Å². The number of benzene rings is 1. The molecule has 0 atom stereocenters. The number of halogens is 1. The van der Waals surface area contributed by atoms with E-state index in [1.165, 1.54) is 6.20 Å². The van der Waals surface area contributed by atoms with E-state index in [0.717, 1.165) is 5.69 Å². The Morgan fingerprint density at radius 1 is 1.33 bits per heavy atom. The number of nitrogens with zero attached hydrogens (tertiary/aromatic N) is 1. The summed E-state index contributed by atoms with van der Waals surface area (Å²) in [5, 5.41) is 9.10. The van der Waals surface area contributed by atoms with E-state index < -0.39 is 0 Å². The minimum absolute atomic E-state index is 0.239. The van der Waals surface area contributed by atoms with Gasteiger partial charge in [0.15, 0.2) is 0 Å². The average Bonchev–Trinajstić information content (AvgIpc) is 2.66. The summed E-state index contributed by atoms with van der Waals surface area (Å²) < 4.78 is 0.